The van der Waals surface area contributed by atoms with E-state index in [1.54, 1.807) is 41.3 Å². The summed E-state index contributed by atoms with van der Waals surface area (Å²) in [4.78, 5) is 34.1. The molecule has 1 heterocycles. The fourth-order valence-electron chi connectivity index (χ4n) is 10.4. The number of hydrogen-bond acceptors (Lipinski definition) is 10. The average Bonchev–Trinajstić information content (AvgIpc) is 3.35. The van der Waals surface area contributed by atoms with Gasteiger partial charge < -0.3 is 34.2 Å². The molecule has 366 valence electrons. The molecule has 12 nitrogen and oxygen atoms in total. The summed E-state index contributed by atoms with van der Waals surface area (Å²) in [5.41, 5.74) is 2.88. The van der Waals surface area contributed by atoms with Crippen LogP contribution in [0.5, 0.6) is 17.2 Å². The Labute approximate surface area is 408 Å². The minimum atomic E-state index is -1.57. The molecule has 1 amide bonds. The lowest BCUT2D eigenvalue weighted by molar-refractivity contribution is -0.384. The molecule has 6 unspecified atom stereocenters. The molecule has 5 aromatic carbocycles. The molecule has 6 atom stereocenters. The Hall–Kier alpha value is -6.67. The number of ether oxygens (including phenoxy) is 3. The smallest absolute Gasteiger partial charge is 0.269 e. The molecule has 1 fully saturated rings. The number of unbranched alkanes of at least 4 members (excludes halogenated alkanes) is 2. The maximum Gasteiger partial charge on any atom is 0.269 e. The summed E-state index contributed by atoms with van der Waals surface area (Å²) in [6.45, 7) is 10.0. The van der Waals surface area contributed by atoms with Crippen molar-refractivity contribution in [1.82, 2.24) is 4.90 Å². The van der Waals surface area contributed by atoms with E-state index >= 15 is 4.79 Å². The Morgan fingerprint density at radius 2 is 1.63 bits per heavy atom. The van der Waals surface area contributed by atoms with E-state index in [4.69, 9.17) is 24.2 Å². The zero-order valence-electron chi connectivity index (χ0n) is 40.0. The maximum atomic E-state index is 15.2. The second-order valence-corrected chi connectivity index (χ2v) is 19.4. The highest BCUT2D eigenvalue weighted by Gasteiger charge is 2.65. The molecule has 1 saturated carbocycles. The Morgan fingerprint density at radius 3 is 2.33 bits per heavy atom. The summed E-state index contributed by atoms with van der Waals surface area (Å²) < 4.78 is 35.8. The van der Waals surface area contributed by atoms with Gasteiger partial charge in [0.1, 0.15) is 34.7 Å². The molecule has 8 rings (SSSR count). The first-order chi connectivity index (χ1) is 33.8. The number of amides is 1. The second kappa shape index (κ2) is 22.0. The van der Waals surface area contributed by atoms with Gasteiger partial charge in [-0.05, 0) is 146 Å². The summed E-state index contributed by atoms with van der Waals surface area (Å²) in [6.07, 6.45) is 11.4. The standard InChI is InChI=1S/C57H62FN3O9/c1-5-32-67-57-52(60(37-39-16-22-43(58)23-17-39)53(64)29-20-38-18-24-44(25-19-38)61(65)66)36-50(59-70-56(2,3)4)48-34-42(14-8-10-30-62)47(15-9-11-31-63)54(55(48)57)49-35-46(27-28-51(49)69-57)68-45-26-21-40-12-6-7-13-41(40)33-45/h5-7,12-13,16-29,33-35,42,47,52,54-55,62-63H,1,8-11,14-15,30-32,36-37H2,2-4H3. The van der Waals surface area contributed by atoms with E-state index in [0.717, 1.165) is 47.6 Å². The van der Waals surface area contributed by atoms with E-state index in [1.807, 2.05) is 69.3 Å². The summed E-state index contributed by atoms with van der Waals surface area (Å²) in [5.74, 6) is -1.49. The number of carbonyl (C=O) groups is 1. The first kappa shape index (κ1) is 49.7. The van der Waals surface area contributed by atoms with Crippen LogP contribution in [0.1, 0.15) is 88.3 Å². The Morgan fingerprint density at radius 1 is 0.929 bits per heavy atom. The molecule has 0 bridgehead atoms. The zero-order valence-corrected chi connectivity index (χ0v) is 40.0. The van der Waals surface area contributed by atoms with Crippen LogP contribution in [0.3, 0.4) is 0 Å². The molecule has 2 N–H and O–H groups in total. The number of benzene rings is 5. The number of fused-ring (bicyclic) bond motifs is 3. The van der Waals surface area contributed by atoms with Crippen molar-refractivity contribution >= 4 is 34.2 Å². The summed E-state index contributed by atoms with van der Waals surface area (Å²) in [6, 6.07) is 31.0. The van der Waals surface area contributed by atoms with Gasteiger partial charge in [-0.25, -0.2) is 4.39 Å². The summed E-state index contributed by atoms with van der Waals surface area (Å²) >= 11 is 0. The minimum absolute atomic E-state index is 0.00702. The number of hydrogen-bond donors (Lipinski definition) is 2. The number of carbonyl (C=O) groups excluding carboxylic acids is 1. The lowest BCUT2D eigenvalue weighted by Gasteiger charge is -2.60. The van der Waals surface area contributed by atoms with Crippen molar-refractivity contribution in [3.05, 3.63) is 172 Å². The van der Waals surface area contributed by atoms with Gasteiger partial charge in [0.05, 0.1) is 23.2 Å². The first-order valence-electron chi connectivity index (χ1n) is 24.2. The number of aliphatic hydroxyl groups is 2. The lowest BCUT2D eigenvalue weighted by atomic mass is 9.55. The van der Waals surface area contributed by atoms with E-state index in [0.29, 0.717) is 46.9 Å². The zero-order chi connectivity index (χ0) is 49.4. The van der Waals surface area contributed by atoms with Crippen LogP contribution in [-0.2, 0) is 20.9 Å². The van der Waals surface area contributed by atoms with Crippen molar-refractivity contribution in [3.8, 4) is 17.2 Å². The van der Waals surface area contributed by atoms with Crippen LogP contribution in [0.15, 0.2) is 145 Å². The average molecular weight is 952 g/mol. The molecular formula is C57H62FN3O9. The quantitative estimate of drug-likeness (QED) is 0.0255. The normalized spacial score (nSPS) is 22.2. The van der Waals surface area contributed by atoms with Gasteiger partial charge in [-0.2, -0.15) is 0 Å². The molecule has 0 spiro atoms. The highest BCUT2D eigenvalue weighted by Crippen LogP contribution is 2.62. The molecule has 70 heavy (non-hydrogen) atoms. The maximum absolute atomic E-state index is 15.2. The van der Waals surface area contributed by atoms with Gasteiger partial charge in [-0.3, -0.25) is 14.9 Å². The minimum Gasteiger partial charge on any atom is -0.459 e. The predicted octanol–water partition coefficient (Wildman–Crippen LogP) is 11.9. The van der Waals surface area contributed by atoms with Gasteiger partial charge in [-0.1, -0.05) is 72.6 Å². The molecule has 0 aromatic heterocycles. The van der Waals surface area contributed by atoms with E-state index < -0.39 is 40.0 Å². The van der Waals surface area contributed by atoms with Crippen LogP contribution >= 0.6 is 0 Å². The van der Waals surface area contributed by atoms with E-state index in [1.165, 1.54) is 30.3 Å². The highest BCUT2D eigenvalue weighted by molar-refractivity contribution is 6.03. The van der Waals surface area contributed by atoms with Crippen molar-refractivity contribution < 1.29 is 43.4 Å². The van der Waals surface area contributed by atoms with Gasteiger partial charge >= 0.3 is 0 Å². The Bertz CT molecular complexity index is 2750. The number of oxime groups is 1. The van der Waals surface area contributed by atoms with E-state index in [-0.39, 0.29) is 56.2 Å². The van der Waals surface area contributed by atoms with Crippen molar-refractivity contribution in [2.75, 3.05) is 19.8 Å². The molecule has 2 aliphatic carbocycles. The molecule has 3 aliphatic rings. The number of halogens is 1. The third-order valence-corrected chi connectivity index (χ3v) is 13.5. The number of aliphatic hydroxyl groups excluding tert-OH is 2. The molecule has 13 heteroatoms. The van der Waals surface area contributed by atoms with Crippen molar-refractivity contribution in [3.63, 3.8) is 0 Å². The topological polar surface area (TPSA) is 153 Å². The van der Waals surface area contributed by atoms with Crippen molar-refractivity contribution in [2.45, 2.75) is 95.6 Å². The van der Waals surface area contributed by atoms with Gasteiger partial charge in [-0.15, -0.1) is 6.58 Å². The van der Waals surface area contributed by atoms with Crippen LogP contribution in [0, 0.1) is 33.7 Å². The SMILES string of the molecule is C=CCOC12Oc3ccc(Oc4ccc5ccccc5c4)cc3C3C(CCCCO)C(CCCCO)C=C(C(=NOC(C)(C)C)CC1N(Cc1ccc(F)cc1)C(=O)C=Cc1ccc([N+](=O)[O-])cc1)C32. The lowest BCUT2D eigenvalue weighted by Crippen LogP contribution is -2.70. The predicted molar refractivity (Wildman–Crippen MR) is 269 cm³/mol. The van der Waals surface area contributed by atoms with E-state index in [2.05, 4.69) is 24.8 Å². The van der Waals surface area contributed by atoms with Crippen LogP contribution in [-0.4, -0.2) is 68.9 Å². The van der Waals surface area contributed by atoms with Gasteiger partial charge in [0.2, 0.25) is 11.7 Å². The van der Waals surface area contributed by atoms with Crippen molar-refractivity contribution in [2.24, 2.45) is 22.9 Å². The highest BCUT2D eigenvalue weighted by atomic mass is 19.1. The number of rotatable bonds is 20. The summed E-state index contributed by atoms with van der Waals surface area (Å²) in [7, 11) is 0. The van der Waals surface area contributed by atoms with Crippen LogP contribution in [0.25, 0.3) is 16.8 Å². The van der Waals surface area contributed by atoms with Gasteiger partial charge in [0, 0.05) is 55.9 Å². The fraction of sp³-hybridized carbons (Fsp3) is 0.368. The van der Waals surface area contributed by atoms with Crippen molar-refractivity contribution in [1.29, 1.82) is 0 Å². The third-order valence-electron chi connectivity index (χ3n) is 13.5. The second-order valence-electron chi connectivity index (χ2n) is 19.4. The number of nitro benzene ring substituents is 1. The monoisotopic (exact) mass is 951 g/mol. The molecule has 0 radical (unpaired) electrons. The largest absolute Gasteiger partial charge is 0.459 e. The van der Waals surface area contributed by atoms with Crippen LogP contribution < -0.4 is 9.47 Å². The van der Waals surface area contributed by atoms with Crippen LogP contribution in [0.4, 0.5) is 10.1 Å². The number of non-ortho nitro benzene ring substituents is 1. The Kier molecular flexibility index (Phi) is 15.6. The molecule has 0 saturated heterocycles. The summed E-state index contributed by atoms with van der Waals surface area (Å²) in [5, 5.41) is 38.6. The number of nitro groups is 1. The fourth-order valence-corrected chi connectivity index (χ4v) is 10.4. The number of allylic oxidation sites excluding steroid dienone is 1. The Balaban J connectivity index is 1.34. The molecule has 5 aromatic rings. The number of nitrogens with zero attached hydrogens (tertiary/aromatic N) is 3. The van der Waals surface area contributed by atoms with Gasteiger partial charge in [0.25, 0.3) is 5.69 Å². The van der Waals surface area contributed by atoms with Gasteiger partial charge in [0.15, 0.2) is 0 Å². The first-order valence-corrected chi connectivity index (χ1v) is 24.2. The van der Waals surface area contributed by atoms with E-state index in [9.17, 15) is 24.7 Å². The third kappa shape index (κ3) is 11.2. The molecule has 1 aliphatic heterocycles. The molecular weight excluding hydrogens is 890 g/mol. The van der Waals surface area contributed by atoms with Crippen LogP contribution in [0.2, 0.25) is 0 Å².